The molecule has 1 aliphatic carbocycles. The van der Waals surface area contributed by atoms with Crippen LogP contribution in [0.3, 0.4) is 0 Å². The second-order valence-corrected chi connectivity index (χ2v) is 7.21. The lowest BCUT2D eigenvalue weighted by Crippen LogP contribution is -2.04. The van der Waals surface area contributed by atoms with Crippen molar-refractivity contribution in [3.05, 3.63) is 95.6 Å². The molecule has 0 aliphatic heterocycles. The number of hydrogen-bond acceptors (Lipinski definition) is 1. The van der Waals surface area contributed by atoms with Gasteiger partial charge in [0.15, 0.2) is 0 Å². The normalized spacial score (nSPS) is 13.1. The first kappa shape index (κ1) is 17.8. The largest absolute Gasteiger partial charge is 0.455 e. The van der Waals surface area contributed by atoms with Crippen molar-refractivity contribution in [2.24, 2.45) is 0 Å². The maximum absolute atomic E-state index is 13.0. The van der Waals surface area contributed by atoms with E-state index in [2.05, 4.69) is 6.07 Å². The highest BCUT2D eigenvalue weighted by molar-refractivity contribution is 5.89. The van der Waals surface area contributed by atoms with Crippen molar-refractivity contribution in [3.63, 3.8) is 0 Å². The number of hydrogen-bond donors (Lipinski definition) is 0. The van der Waals surface area contributed by atoms with Crippen LogP contribution in [0, 0.1) is 0 Å². The lowest BCUT2D eigenvalue weighted by atomic mass is 9.86. The molecule has 0 atom stereocenters. The highest BCUT2D eigenvalue weighted by atomic mass is 19.4. The molecular weight excluding hydrogens is 373 g/mol. The topological polar surface area (TPSA) is 13.1 Å². The van der Waals surface area contributed by atoms with Gasteiger partial charge in [0.2, 0.25) is 0 Å². The molecule has 4 aromatic rings. The molecule has 4 heteroatoms. The molecular formula is C25H17F3O. The van der Waals surface area contributed by atoms with Gasteiger partial charge in [0.25, 0.3) is 0 Å². The van der Waals surface area contributed by atoms with Crippen molar-refractivity contribution >= 4 is 0 Å². The van der Waals surface area contributed by atoms with Gasteiger partial charge in [-0.05, 0) is 36.1 Å². The molecule has 144 valence electrons. The summed E-state index contributed by atoms with van der Waals surface area (Å²) >= 11 is 0. The first-order chi connectivity index (χ1) is 14.0. The van der Waals surface area contributed by atoms with Gasteiger partial charge >= 0.3 is 6.18 Å². The van der Waals surface area contributed by atoms with Crippen LogP contribution in [0.5, 0.6) is 0 Å². The van der Waals surface area contributed by atoms with Gasteiger partial charge in [-0.15, -0.1) is 0 Å². The number of fused-ring (bicyclic) bond motifs is 3. The fourth-order valence-corrected chi connectivity index (χ4v) is 4.06. The first-order valence-electron chi connectivity index (χ1n) is 9.49. The van der Waals surface area contributed by atoms with E-state index in [1.807, 2.05) is 48.5 Å². The van der Waals surface area contributed by atoms with E-state index in [0.717, 1.165) is 58.6 Å². The number of benzene rings is 3. The molecule has 0 N–H and O–H groups in total. The molecule has 0 amide bonds. The molecule has 0 spiro atoms. The van der Waals surface area contributed by atoms with Crippen LogP contribution < -0.4 is 0 Å². The molecule has 1 heterocycles. The van der Waals surface area contributed by atoms with Crippen LogP contribution in [0.2, 0.25) is 0 Å². The average Bonchev–Trinajstić information content (AvgIpc) is 3.14. The predicted octanol–water partition coefficient (Wildman–Crippen LogP) is 7.40. The smallest absolute Gasteiger partial charge is 0.416 e. The molecule has 0 unspecified atom stereocenters. The SMILES string of the molecule is FC(F)(F)c1ccc(-c2c(-c3ccccc3)oc3c2CCc2ccccc2-3)cc1. The maximum Gasteiger partial charge on any atom is 0.416 e. The Hall–Kier alpha value is -3.27. The van der Waals surface area contributed by atoms with Crippen molar-refractivity contribution in [1.29, 1.82) is 0 Å². The summed E-state index contributed by atoms with van der Waals surface area (Å²) in [6.07, 6.45) is -2.68. The summed E-state index contributed by atoms with van der Waals surface area (Å²) in [7, 11) is 0. The zero-order valence-corrected chi connectivity index (χ0v) is 15.5. The van der Waals surface area contributed by atoms with Crippen molar-refractivity contribution < 1.29 is 17.6 Å². The van der Waals surface area contributed by atoms with Gasteiger partial charge in [-0.3, -0.25) is 0 Å². The van der Waals surface area contributed by atoms with E-state index in [4.69, 9.17) is 4.42 Å². The summed E-state index contributed by atoms with van der Waals surface area (Å²) in [5.74, 6) is 1.52. The quantitative estimate of drug-likeness (QED) is 0.348. The van der Waals surface area contributed by atoms with Gasteiger partial charge in [0.1, 0.15) is 11.5 Å². The van der Waals surface area contributed by atoms with Gasteiger partial charge in [0, 0.05) is 22.3 Å². The van der Waals surface area contributed by atoms with Gasteiger partial charge in [-0.1, -0.05) is 66.7 Å². The molecule has 0 radical (unpaired) electrons. The van der Waals surface area contributed by atoms with Crippen LogP contribution in [0.25, 0.3) is 33.8 Å². The minimum absolute atomic E-state index is 0.648. The Kier molecular flexibility index (Phi) is 4.09. The van der Waals surface area contributed by atoms with E-state index >= 15 is 0 Å². The van der Waals surface area contributed by atoms with E-state index < -0.39 is 11.7 Å². The average molecular weight is 390 g/mol. The first-order valence-corrected chi connectivity index (χ1v) is 9.49. The molecule has 0 bridgehead atoms. The summed E-state index contributed by atoms with van der Waals surface area (Å²) in [5, 5.41) is 0. The summed E-state index contributed by atoms with van der Waals surface area (Å²) in [5.41, 5.74) is 5.23. The van der Waals surface area contributed by atoms with Crippen LogP contribution >= 0.6 is 0 Å². The predicted molar refractivity (Wildman–Crippen MR) is 107 cm³/mol. The summed E-state index contributed by atoms with van der Waals surface area (Å²) in [6, 6.07) is 23.2. The lowest BCUT2D eigenvalue weighted by Gasteiger charge is -2.16. The van der Waals surface area contributed by atoms with Gasteiger partial charge in [-0.2, -0.15) is 13.2 Å². The van der Waals surface area contributed by atoms with E-state index in [-0.39, 0.29) is 0 Å². The lowest BCUT2D eigenvalue weighted by molar-refractivity contribution is -0.137. The standard InChI is InChI=1S/C25H17F3O/c26-25(27,28)19-13-10-17(11-14-19)22-21-15-12-16-6-4-5-9-20(16)24(21)29-23(22)18-7-2-1-3-8-18/h1-11,13-14H,12,15H2. The van der Waals surface area contributed by atoms with Gasteiger partial charge in [-0.25, -0.2) is 0 Å². The summed E-state index contributed by atoms with van der Waals surface area (Å²) in [4.78, 5) is 0. The van der Waals surface area contributed by atoms with Crippen molar-refractivity contribution in [2.45, 2.75) is 19.0 Å². The second-order valence-electron chi connectivity index (χ2n) is 7.21. The molecule has 0 fully saturated rings. The third-order valence-corrected chi connectivity index (χ3v) is 5.45. The highest BCUT2D eigenvalue weighted by Gasteiger charge is 2.31. The van der Waals surface area contributed by atoms with Gasteiger partial charge < -0.3 is 4.42 Å². The Balaban J connectivity index is 1.74. The Bertz CT molecular complexity index is 1170. The molecule has 29 heavy (non-hydrogen) atoms. The zero-order valence-electron chi connectivity index (χ0n) is 15.5. The Labute approximate surface area is 166 Å². The van der Waals surface area contributed by atoms with E-state index in [1.165, 1.54) is 5.56 Å². The van der Waals surface area contributed by atoms with E-state index in [9.17, 15) is 13.2 Å². The molecule has 0 saturated carbocycles. The molecule has 0 saturated heterocycles. The van der Waals surface area contributed by atoms with E-state index in [0.29, 0.717) is 5.76 Å². The number of halogens is 3. The minimum Gasteiger partial charge on any atom is -0.455 e. The molecule has 3 aromatic carbocycles. The Morgan fingerprint density at radius 1 is 0.655 bits per heavy atom. The van der Waals surface area contributed by atoms with Crippen LogP contribution in [0.4, 0.5) is 13.2 Å². The van der Waals surface area contributed by atoms with Crippen LogP contribution in [0.1, 0.15) is 16.7 Å². The maximum atomic E-state index is 13.0. The van der Waals surface area contributed by atoms with E-state index in [1.54, 1.807) is 12.1 Å². The zero-order chi connectivity index (χ0) is 20.0. The third kappa shape index (κ3) is 3.05. The van der Waals surface area contributed by atoms with Crippen LogP contribution in [-0.2, 0) is 19.0 Å². The van der Waals surface area contributed by atoms with Crippen molar-refractivity contribution in [1.82, 2.24) is 0 Å². The fourth-order valence-electron chi connectivity index (χ4n) is 4.06. The van der Waals surface area contributed by atoms with Gasteiger partial charge in [0.05, 0.1) is 5.56 Å². The Morgan fingerprint density at radius 2 is 1.34 bits per heavy atom. The van der Waals surface area contributed by atoms with Crippen LogP contribution in [0.15, 0.2) is 83.3 Å². The summed E-state index contributed by atoms with van der Waals surface area (Å²) in [6.45, 7) is 0. The monoisotopic (exact) mass is 390 g/mol. The molecule has 1 nitrogen and oxygen atoms in total. The second kappa shape index (κ2) is 6.66. The van der Waals surface area contributed by atoms with Crippen molar-refractivity contribution in [3.8, 4) is 33.8 Å². The number of rotatable bonds is 2. The summed E-state index contributed by atoms with van der Waals surface area (Å²) < 4.78 is 45.5. The third-order valence-electron chi connectivity index (χ3n) is 5.45. The molecule has 1 aromatic heterocycles. The number of alkyl halides is 3. The minimum atomic E-state index is -4.35. The highest BCUT2D eigenvalue weighted by Crippen LogP contribution is 2.47. The van der Waals surface area contributed by atoms with Crippen molar-refractivity contribution in [2.75, 3.05) is 0 Å². The van der Waals surface area contributed by atoms with Crippen LogP contribution in [-0.4, -0.2) is 0 Å². The number of furan rings is 1. The Morgan fingerprint density at radius 3 is 2.07 bits per heavy atom. The number of aryl methyl sites for hydroxylation is 1. The fraction of sp³-hybridized carbons (Fsp3) is 0.120. The molecule has 1 aliphatic rings. The molecule has 5 rings (SSSR count).